The van der Waals surface area contributed by atoms with E-state index in [1.807, 2.05) is 39.8 Å². The molecule has 0 fully saturated rings. The van der Waals surface area contributed by atoms with Crippen LogP contribution in [0.15, 0.2) is 29.4 Å². The van der Waals surface area contributed by atoms with Crippen molar-refractivity contribution >= 4 is 11.8 Å². The second kappa shape index (κ2) is 6.41. The van der Waals surface area contributed by atoms with Crippen molar-refractivity contribution in [3.63, 3.8) is 0 Å². The molecule has 20 heavy (non-hydrogen) atoms. The van der Waals surface area contributed by atoms with Gasteiger partial charge in [-0.15, -0.1) is 0 Å². The summed E-state index contributed by atoms with van der Waals surface area (Å²) in [7, 11) is 0. The van der Waals surface area contributed by atoms with E-state index in [4.69, 9.17) is 15.7 Å². The van der Waals surface area contributed by atoms with E-state index in [9.17, 15) is 4.79 Å². The monoisotopic (exact) mass is 278 g/mol. The molecule has 0 amide bonds. The summed E-state index contributed by atoms with van der Waals surface area (Å²) < 4.78 is 5.30. The highest BCUT2D eigenvalue weighted by Crippen LogP contribution is 2.21. The third-order valence-corrected chi connectivity index (χ3v) is 2.78. The Labute approximate surface area is 119 Å². The topological polar surface area (TPSA) is 84.9 Å². The number of hydrogen-bond acceptors (Lipinski definition) is 4. The van der Waals surface area contributed by atoms with E-state index in [0.29, 0.717) is 12.0 Å². The first-order chi connectivity index (χ1) is 9.23. The molecule has 1 rings (SSSR count). The zero-order chi connectivity index (χ0) is 15.3. The number of nitrogens with zero attached hydrogens (tertiary/aromatic N) is 1. The molecular weight excluding hydrogens is 256 g/mol. The minimum atomic E-state index is -0.466. The van der Waals surface area contributed by atoms with Gasteiger partial charge in [-0.1, -0.05) is 36.3 Å². The largest absolute Gasteiger partial charge is 0.460 e. The molecule has 0 heterocycles. The van der Waals surface area contributed by atoms with Crippen LogP contribution >= 0.6 is 0 Å². The van der Waals surface area contributed by atoms with Crippen LogP contribution in [-0.2, 0) is 9.53 Å². The highest BCUT2D eigenvalue weighted by molar-refractivity contribution is 5.96. The second-order valence-corrected chi connectivity index (χ2v) is 5.80. The number of carbonyl (C=O) groups excluding carboxylic acids is 1. The molecule has 0 radical (unpaired) electrons. The van der Waals surface area contributed by atoms with Gasteiger partial charge in [-0.2, -0.15) is 0 Å². The SMILES string of the molecule is CC(CC(=O)OC(C)(C)C)c1ccc(/C(N)=N\O)cc1. The first kappa shape index (κ1) is 16.0. The lowest BCUT2D eigenvalue weighted by Gasteiger charge is -2.21. The van der Waals surface area contributed by atoms with Gasteiger partial charge in [0.1, 0.15) is 5.60 Å². The van der Waals surface area contributed by atoms with Crippen LogP contribution in [0.25, 0.3) is 0 Å². The van der Waals surface area contributed by atoms with Crippen molar-refractivity contribution in [2.75, 3.05) is 0 Å². The molecule has 5 heteroatoms. The van der Waals surface area contributed by atoms with Crippen LogP contribution in [0.5, 0.6) is 0 Å². The van der Waals surface area contributed by atoms with Gasteiger partial charge in [-0.25, -0.2) is 0 Å². The summed E-state index contributed by atoms with van der Waals surface area (Å²) in [5.74, 6) is -0.104. The molecule has 0 aromatic heterocycles. The van der Waals surface area contributed by atoms with Gasteiger partial charge in [0.15, 0.2) is 5.84 Å². The molecule has 1 atom stereocenters. The van der Waals surface area contributed by atoms with Crippen molar-refractivity contribution in [1.29, 1.82) is 0 Å². The number of hydrogen-bond donors (Lipinski definition) is 2. The summed E-state index contributed by atoms with van der Waals surface area (Å²) in [5, 5.41) is 11.5. The fourth-order valence-corrected chi connectivity index (χ4v) is 1.79. The Balaban J connectivity index is 2.69. The lowest BCUT2D eigenvalue weighted by atomic mass is 9.96. The molecule has 0 saturated heterocycles. The molecule has 0 aliphatic heterocycles. The molecule has 0 spiro atoms. The van der Waals surface area contributed by atoms with Crippen molar-refractivity contribution in [1.82, 2.24) is 0 Å². The Kier molecular flexibility index (Phi) is 5.13. The van der Waals surface area contributed by atoms with Crippen LogP contribution in [0, 0.1) is 0 Å². The van der Waals surface area contributed by atoms with E-state index >= 15 is 0 Å². The Morgan fingerprint density at radius 1 is 1.35 bits per heavy atom. The second-order valence-electron chi connectivity index (χ2n) is 5.80. The van der Waals surface area contributed by atoms with E-state index in [1.54, 1.807) is 12.1 Å². The van der Waals surface area contributed by atoms with Crippen molar-refractivity contribution in [3.05, 3.63) is 35.4 Å². The minimum absolute atomic E-state index is 0.0474. The van der Waals surface area contributed by atoms with Crippen molar-refractivity contribution < 1.29 is 14.7 Å². The van der Waals surface area contributed by atoms with E-state index in [1.165, 1.54) is 0 Å². The number of nitrogens with two attached hydrogens (primary N) is 1. The number of benzene rings is 1. The van der Waals surface area contributed by atoms with Crippen molar-refractivity contribution in [2.45, 2.75) is 45.6 Å². The molecule has 1 aromatic carbocycles. The maximum atomic E-state index is 11.8. The van der Waals surface area contributed by atoms with Crippen molar-refractivity contribution in [3.8, 4) is 0 Å². The number of oxime groups is 1. The molecule has 5 nitrogen and oxygen atoms in total. The lowest BCUT2D eigenvalue weighted by molar-refractivity contribution is -0.155. The lowest BCUT2D eigenvalue weighted by Crippen LogP contribution is -2.24. The normalized spacial score (nSPS) is 13.9. The quantitative estimate of drug-likeness (QED) is 0.291. The van der Waals surface area contributed by atoms with Gasteiger partial charge in [0.2, 0.25) is 0 Å². The van der Waals surface area contributed by atoms with E-state index < -0.39 is 5.60 Å². The zero-order valence-corrected chi connectivity index (χ0v) is 12.4. The predicted molar refractivity (Wildman–Crippen MR) is 77.8 cm³/mol. The number of amidine groups is 1. The molecule has 110 valence electrons. The zero-order valence-electron chi connectivity index (χ0n) is 12.4. The van der Waals surface area contributed by atoms with Gasteiger partial charge >= 0.3 is 5.97 Å². The van der Waals surface area contributed by atoms with Gasteiger partial charge in [0, 0.05) is 5.56 Å². The highest BCUT2D eigenvalue weighted by Gasteiger charge is 2.19. The maximum Gasteiger partial charge on any atom is 0.306 e. The summed E-state index contributed by atoms with van der Waals surface area (Å²) in [4.78, 5) is 11.8. The number of rotatable bonds is 4. The standard InChI is InChI=1S/C15H22N2O3/c1-10(9-13(18)20-15(2,3)4)11-5-7-12(8-6-11)14(16)17-19/h5-8,10,19H,9H2,1-4H3,(H2,16,17). The van der Waals surface area contributed by atoms with Gasteiger partial charge in [0.25, 0.3) is 0 Å². The van der Waals surface area contributed by atoms with E-state index in [0.717, 1.165) is 5.56 Å². The smallest absolute Gasteiger partial charge is 0.306 e. The highest BCUT2D eigenvalue weighted by atomic mass is 16.6. The minimum Gasteiger partial charge on any atom is -0.460 e. The third-order valence-electron chi connectivity index (χ3n) is 2.78. The van der Waals surface area contributed by atoms with Gasteiger partial charge < -0.3 is 15.7 Å². The first-order valence-corrected chi connectivity index (χ1v) is 6.52. The molecular formula is C15H22N2O3. The number of carbonyl (C=O) groups is 1. The Morgan fingerprint density at radius 3 is 2.35 bits per heavy atom. The molecule has 1 unspecified atom stereocenters. The van der Waals surface area contributed by atoms with Crippen LogP contribution in [0.1, 0.15) is 51.2 Å². The fourth-order valence-electron chi connectivity index (χ4n) is 1.79. The van der Waals surface area contributed by atoms with Gasteiger partial charge in [-0.3, -0.25) is 4.79 Å². The summed E-state index contributed by atoms with van der Waals surface area (Å²) in [5.41, 5.74) is 6.68. The van der Waals surface area contributed by atoms with E-state index in [2.05, 4.69) is 5.16 Å². The molecule has 0 aliphatic carbocycles. The van der Waals surface area contributed by atoms with Crippen LogP contribution in [0.2, 0.25) is 0 Å². The summed E-state index contributed by atoms with van der Waals surface area (Å²) in [6.45, 7) is 7.51. The van der Waals surface area contributed by atoms with Crippen molar-refractivity contribution in [2.24, 2.45) is 10.9 Å². The Morgan fingerprint density at radius 2 is 1.90 bits per heavy atom. The number of esters is 1. The molecule has 1 aromatic rings. The van der Waals surface area contributed by atoms with E-state index in [-0.39, 0.29) is 17.7 Å². The van der Waals surface area contributed by atoms with Gasteiger partial charge in [0.05, 0.1) is 6.42 Å². The molecule has 0 bridgehead atoms. The number of ether oxygens (including phenoxy) is 1. The maximum absolute atomic E-state index is 11.8. The summed E-state index contributed by atoms with van der Waals surface area (Å²) in [6.07, 6.45) is 0.320. The average molecular weight is 278 g/mol. The van der Waals surface area contributed by atoms with Crippen LogP contribution in [0.4, 0.5) is 0 Å². The summed E-state index contributed by atoms with van der Waals surface area (Å²) in [6, 6.07) is 7.25. The molecule has 0 saturated carbocycles. The van der Waals surface area contributed by atoms with Crippen LogP contribution in [-0.4, -0.2) is 22.6 Å². The average Bonchev–Trinajstić information content (AvgIpc) is 2.35. The van der Waals surface area contributed by atoms with Gasteiger partial charge in [-0.05, 0) is 32.3 Å². The molecule has 3 N–H and O–H groups in total. The third kappa shape index (κ3) is 4.91. The summed E-state index contributed by atoms with van der Waals surface area (Å²) >= 11 is 0. The molecule has 0 aliphatic rings. The fraction of sp³-hybridized carbons (Fsp3) is 0.467. The Hall–Kier alpha value is -2.04. The van der Waals surface area contributed by atoms with Crippen LogP contribution in [0.3, 0.4) is 0 Å². The predicted octanol–water partition coefficient (Wildman–Crippen LogP) is 2.62. The Bertz CT molecular complexity index is 487. The van der Waals surface area contributed by atoms with Crippen LogP contribution < -0.4 is 5.73 Å². The first-order valence-electron chi connectivity index (χ1n) is 6.52.